The third kappa shape index (κ3) is 5.42. The topological polar surface area (TPSA) is 88.4 Å². The minimum Gasteiger partial charge on any atom is -0.494 e. The molecule has 32 heavy (non-hydrogen) atoms. The maximum absolute atomic E-state index is 12.8. The number of hydrogen-bond acceptors (Lipinski definition) is 6. The molecule has 0 saturated carbocycles. The molecule has 0 bridgehead atoms. The molecule has 3 rings (SSSR count). The Morgan fingerprint density at radius 3 is 2.41 bits per heavy atom. The van der Waals surface area contributed by atoms with Gasteiger partial charge in [0.2, 0.25) is 0 Å². The molecule has 0 spiro atoms. The summed E-state index contributed by atoms with van der Waals surface area (Å²) in [5.41, 5.74) is 2.37. The summed E-state index contributed by atoms with van der Waals surface area (Å²) in [5, 5.41) is 14.4. The van der Waals surface area contributed by atoms with Crippen LogP contribution in [0.2, 0.25) is 0 Å². The van der Waals surface area contributed by atoms with Crippen LogP contribution in [0.5, 0.6) is 5.75 Å². The molecule has 0 atom stereocenters. The van der Waals surface area contributed by atoms with Gasteiger partial charge in [0, 0.05) is 10.9 Å². The van der Waals surface area contributed by atoms with Crippen molar-refractivity contribution in [3.05, 3.63) is 76.7 Å². The van der Waals surface area contributed by atoms with E-state index in [1.165, 1.54) is 17.4 Å². The molecule has 0 unspecified atom stereocenters. The summed E-state index contributed by atoms with van der Waals surface area (Å²) < 4.78 is 10.6. The van der Waals surface area contributed by atoms with Gasteiger partial charge in [-0.1, -0.05) is 42.5 Å². The molecule has 0 saturated heterocycles. The van der Waals surface area contributed by atoms with E-state index in [1.54, 1.807) is 36.6 Å². The van der Waals surface area contributed by atoms with Crippen molar-refractivity contribution in [3.63, 3.8) is 0 Å². The van der Waals surface area contributed by atoms with Crippen LogP contribution in [0.25, 0.3) is 17.2 Å². The summed E-state index contributed by atoms with van der Waals surface area (Å²) in [7, 11) is 0. The van der Waals surface area contributed by atoms with Gasteiger partial charge in [-0.3, -0.25) is 4.79 Å². The van der Waals surface area contributed by atoms with Gasteiger partial charge in [-0.2, -0.15) is 5.26 Å². The zero-order valence-corrected chi connectivity index (χ0v) is 18.6. The number of hydrogen-bond donors (Lipinski definition) is 1. The lowest BCUT2D eigenvalue weighted by Gasteiger charge is -2.08. The van der Waals surface area contributed by atoms with Crippen LogP contribution in [-0.2, 0) is 9.53 Å². The Labute approximate surface area is 190 Å². The average molecular weight is 447 g/mol. The SMILES string of the molecule is CCOC(=O)c1c(-c2ccccc2)csc1NC(=O)C(C#N)=Cc1ccc(OCC)cc1. The first-order chi connectivity index (χ1) is 15.6. The third-order valence-corrected chi connectivity index (χ3v) is 5.35. The van der Waals surface area contributed by atoms with E-state index in [2.05, 4.69) is 5.32 Å². The number of anilines is 1. The van der Waals surface area contributed by atoms with Crippen molar-refractivity contribution >= 4 is 34.3 Å². The van der Waals surface area contributed by atoms with Gasteiger partial charge < -0.3 is 14.8 Å². The molecule has 162 valence electrons. The number of nitrogens with zero attached hydrogens (tertiary/aromatic N) is 1. The Kier molecular flexibility index (Phi) is 7.79. The van der Waals surface area contributed by atoms with Crippen molar-refractivity contribution in [1.29, 1.82) is 5.26 Å². The van der Waals surface area contributed by atoms with Crippen molar-refractivity contribution in [2.24, 2.45) is 0 Å². The second kappa shape index (κ2) is 10.9. The van der Waals surface area contributed by atoms with Crippen LogP contribution in [0.1, 0.15) is 29.8 Å². The summed E-state index contributed by atoms with van der Waals surface area (Å²) in [6.45, 7) is 4.37. The molecule has 0 aliphatic heterocycles. The second-order valence-electron chi connectivity index (χ2n) is 6.57. The normalized spacial score (nSPS) is 10.8. The summed E-state index contributed by atoms with van der Waals surface area (Å²) in [5.74, 6) is -0.427. The molecule has 0 radical (unpaired) electrons. The number of amides is 1. The van der Waals surface area contributed by atoms with E-state index in [1.807, 2.05) is 43.3 Å². The molecule has 0 aliphatic rings. The standard InChI is InChI=1S/C25H22N2O4S/c1-3-30-20-12-10-17(11-13-20)14-19(15-26)23(28)27-24-22(25(29)31-4-2)21(16-32-24)18-8-6-5-7-9-18/h5-14,16H,3-4H2,1-2H3,(H,27,28). The van der Waals surface area contributed by atoms with E-state index >= 15 is 0 Å². The number of benzene rings is 2. The van der Waals surface area contributed by atoms with E-state index in [4.69, 9.17) is 9.47 Å². The van der Waals surface area contributed by atoms with Gasteiger partial charge in [0.05, 0.1) is 13.2 Å². The van der Waals surface area contributed by atoms with Crippen LogP contribution in [0.3, 0.4) is 0 Å². The van der Waals surface area contributed by atoms with E-state index in [9.17, 15) is 14.9 Å². The Morgan fingerprint density at radius 2 is 1.78 bits per heavy atom. The highest BCUT2D eigenvalue weighted by atomic mass is 32.1. The van der Waals surface area contributed by atoms with Gasteiger partial charge in [0.15, 0.2) is 0 Å². The molecule has 1 N–H and O–H groups in total. The zero-order valence-electron chi connectivity index (χ0n) is 17.8. The molecule has 0 fully saturated rings. The number of carbonyl (C=O) groups is 2. The minimum atomic E-state index is -0.603. The largest absolute Gasteiger partial charge is 0.494 e. The van der Waals surface area contributed by atoms with Crippen molar-refractivity contribution in [3.8, 4) is 22.9 Å². The molecule has 6 nitrogen and oxygen atoms in total. The lowest BCUT2D eigenvalue weighted by Crippen LogP contribution is -2.16. The molecule has 1 amide bonds. The van der Waals surface area contributed by atoms with Crippen LogP contribution in [-0.4, -0.2) is 25.1 Å². The second-order valence-corrected chi connectivity index (χ2v) is 7.45. The van der Waals surface area contributed by atoms with E-state index in [0.29, 0.717) is 28.5 Å². The molecule has 2 aromatic carbocycles. The number of ether oxygens (including phenoxy) is 2. The predicted molar refractivity (Wildman–Crippen MR) is 126 cm³/mol. The molecular formula is C25H22N2O4S. The van der Waals surface area contributed by atoms with E-state index < -0.39 is 11.9 Å². The number of carbonyl (C=O) groups excluding carboxylic acids is 2. The highest BCUT2D eigenvalue weighted by Crippen LogP contribution is 2.36. The van der Waals surface area contributed by atoms with Gasteiger partial charge in [-0.05, 0) is 43.2 Å². The molecule has 3 aromatic rings. The van der Waals surface area contributed by atoms with Gasteiger partial charge in [-0.25, -0.2) is 4.79 Å². The zero-order chi connectivity index (χ0) is 22.9. The van der Waals surface area contributed by atoms with Gasteiger partial charge in [-0.15, -0.1) is 11.3 Å². The lowest BCUT2D eigenvalue weighted by atomic mass is 10.0. The first-order valence-electron chi connectivity index (χ1n) is 10.1. The number of rotatable bonds is 8. The summed E-state index contributed by atoms with van der Waals surface area (Å²) in [6.07, 6.45) is 1.49. The number of thiophene rings is 1. The van der Waals surface area contributed by atoms with Crippen LogP contribution >= 0.6 is 11.3 Å². The third-order valence-electron chi connectivity index (χ3n) is 4.45. The first-order valence-corrected chi connectivity index (χ1v) is 10.9. The molecular weight excluding hydrogens is 424 g/mol. The summed E-state index contributed by atoms with van der Waals surface area (Å²) in [4.78, 5) is 25.5. The summed E-state index contributed by atoms with van der Waals surface area (Å²) >= 11 is 1.21. The van der Waals surface area contributed by atoms with Crippen LogP contribution in [0.15, 0.2) is 65.6 Å². The Bertz CT molecular complexity index is 1160. The smallest absolute Gasteiger partial charge is 0.341 e. The average Bonchev–Trinajstić information content (AvgIpc) is 3.23. The fourth-order valence-corrected chi connectivity index (χ4v) is 3.95. The minimum absolute atomic E-state index is 0.0846. The Hall–Kier alpha value is -3.89. The monoisotopic (exact) mass is 446 g/mol. The van der Waals surface area contributed by atoms with Gasteiger partial charge in [0.1, 0.15) is 28.0 Å². The summed E-state index contributed by atoms with van der Waals surface area (Å²) in [6, 6.07) is 18.4. The predicted octanol–water partition coefficient (Wildman–Crippen LogP) is 5.54. The number of nitrogens with one attached hydrogen (secondary N) is 1. The fraction of sp³-hybridized carbons (Fsp3) is 0.160. The maximum Gasteiger partial charge on any atom is 0.341 e. The molecule has 0 aliphatic carbocycles. The van der Waals surface area contributed by atoms with Crippen LogP contribution in [0, 0.1) is 11.3 Å². The highest BCUT2D eigenvalue weighted by molar-refractivity contribution is 7.15. The number of esters is 1. The number of nitriles is 1. The van der Waals surface area contributed by atoms with Gasteiger partial charge >= 0.3 is 5.97 Å². The van der Waals surface area contributed by atoms with Gasteiger partial charge in [0.25, 0.3) is 5.91 Å². The molecule has 7 heteroatoms. The van der Waals surface area contributed by atoms with Crippen molar-refractivity contribution in [1.82, 2.24) is 0 Å². The fourth-order valence-electron chi connectivity index (χ4n) is 3.00. The Morgan fingerprint density at radius 1 is 1.06 bits per heavy atom. The van der Waals surface area contributed by atoms with E-state index in [0.717, 1.165) is 5.56 Å². The molecule has 1 aromatic heterocycles. The lowest BCUT2D eigenvalue weighted by molar-refractivity contribution is -0.112. The maximum atomic E-state index is 12.8. The first kappa shape index (κ1) is 22.8. The van der Waals surface area contributed by atoms with Crippen molar-refractivity contribution in [2.45, 2.75) is 13.8 Å². The molecule has 1 heterocycles. The quantitative estimate of drug-likeness (QED) is 0.279. The van der Waals surface area contributed by atoms with E-state index in [-0.39, 0.29) is 17.7 Å². The highest BCUT2D eigenvalue weighted by Gasteiger charge is 2.23. The van der Waals surface area contributed by atoms with Crippen molar-refractivity contribution in [2.75, 3.05) is 18.5 Å². The van der Waals surface area contributed by atoms with Crippen molar-refractivity contribution < 1.29 is 19.1 Å². The van der Waals surface area contributed by atoms with Crippen LogP contribution in [0.4, 0.5) is 5.00 Å². The van der Waals surface area contributed by atoms with Crippen LogP contribution < -0.4 is 10.1 Å². The Balaban J connectivity index is 1.89.